The van der Waals surface area contributed by atoms with Gasteiger partial charge in [-0.15, -0.1) is 0 Å². The number of methoxy groups -OCH3 is 1. The molecule has 0 saturated carbocycles. The number of hydrogen-bond donors (Lipinski definition) is 1. The summed E-state index contributed by atoms with van der Waals surface area (Å²) in [5.41, 5.74) is 8.80. The monoisotopic (exact) mass is 357 g/mol. The van der Waals surface area contributed by atoms with Crippen molar-refractivity contribution in [1.82, 2.24) is 0 Å². The summed E-state index contributed by atoms with van der Waals surface area (Å²) in [6, 6.07) is 7.80. The van der Waals surface area contributed by atoms with E-state index < -0.39 is 0 Å². The normalized spacial score (nSPS) is 18.3. The van der Waals surface area contributed by atoms with Gasteiger partial charge in [0, 0.05) is 23.2 Å². The first-order valence-corrected chi connectivity index (χ1v) is 6.81. The maximum absolute atomic E-state index is 5.99. The van der Waals surface area contributed by atoms with Crippen LogP contribution < -0.4 is 5.73 Å². The number of allylic oxidation sites excluding steroid dienone is 4. The number of para-hydroxylation sites is 1. The fraction of sp³-hybridized carbons (Fsp3) is 0.231. The maximum atomic E-state index is 5.99. The van der Waals surface area contributed by atoms with Crippen molar-refractivity contribution in [1.29, 1.82) is 0 Å². The molecular formula is C13H13Br2NO. The van der Waals surface area contributed by atoms with Crippen molar-refractivity contribution in [3.8, 4) is 0 Å². The van der Waals surface area contributed by atoms with Gasteiger partial charge in [-0.2, -0.15) is 0 Å². The van der Waals surface area contributed by atoms with E-state index in [1.54, 1.807) is 7.11 Å². The Morgan fingerprint density at radius 2 is 2.00 bits per heavy atom. The number of nitrogens with two attached hydrogens (primary N) is 1. The minimum absolute atomic E-state index is 0.224. The van der Waals surface area contributed by atoms with Crippen LogP contribution in [0.3, 0.4) is 0 Å². The summed E-state index contributed by atoms with van der Waals surface area (Å²) in [5, 5.41) is 0. The molecule has 0 amide bonds. The van der Waals surface area contributed by atoms with Gasteiger partial charge in [-0.25, -0.2) is 0 Å². The Morgan fingerprint density at radius 1 is 1.29 bits per heavy atom. The molecule has 0 bridgehead atoms. The third kappa shape index (κ3) is 2.75. The lowest BCUT2D eigenvalue weighted by Crippen LogP contribution is -2.14. The molecule has 1 aliphatic rings. The smallest absolute Gasteiger partial charge is 0.106 e. The van der Waals surface area contributed by atoms with Gasteiger partial charge in [0.1, 0.15) is 8.99 Å². The minimum atomic E-state index is -0.224. The molecule has 4 heteroatoms. The highest BCUT2D eigenvalue weighted by molar-refractivity contribution is 9.25. The van der Waals surface area contributed by atoms with E-state index in [4.69, 9.17) is 10.5 Å². The van der Waals surface area contributed by atoms with Crippen LogP contribution >= 0.6 is 31.9 Å². The van der Waals surface area contributed by atoms with Gasteiger partial charge < -0.3 is 10.5 Å². The summed E-state index contributed by atoms with van der Waals surface area (Å²) in [6.45, 7) is 0. The van der Waals surface area contributed by atoms with E-state index in [9.17, 15) is 0 Å². The Morgan fingerprint density at radius 3 is 2.65 bits per heavy atom. The predicted molar refractivity (Wildman–Crippen MR) is 79.1 cm³/mol. The second-order valence-corrected chi connectivity index (χ2v) is 7.79. The topological polar surface area (TPSA) is 35.2 Å². The number of rotatable bonds is 2. The predicted octanol–water partition coefficient (Wildman–Crippen LogP) is 4.07. The highest BCUT2D eigenvalue weighted by Gasteiger charge is 2.27. The van der Waals surface area contributed by atoms with Crippen LogP contribution in [-0.4, -0.2) is 10.3 Å². The van der Waals surface area contributed by atoms with Gasteiger partial charge in [0.15, 0.2) is 0 Å². The quantitative estimate of drug-likeness (QED) is 0.638. The maximum Gasteiger partial charge on any atom is 0.106 e. The van der Waals surface area contributed by atoms with Crippen molar-refractivity contribution in [2.24, 2.45) is 0 Å². The highest BCUT2D eigenvalue weighted by Crippen LogP contribution is 2.42. The Balaban J connectivity index is 2.48. The van der Waals surface area contributed by atoms with Crippen molar-refractivity contribution >= 4 is 43.1 Å². The van der Waals surface area contributed by atoms with E-state index in [1.165, 1.54) is 0 Å². The van der Waals surface area contributed by atoms with Crippen molar-refractivity contribution < 1.29 is 4.74 Å². The van der Waals surface area contributed by atoms with Gasteiger partial charge in [-0.3, -0.25) is 0 Å². The fourth-order valence-corrected chi connectivity index (χ4v) is 2.60. The number of hydrogen-bond acceptors (Lipinski definition) is 2. The first kappa shape index (κ1) is 12.7. The van der Waals surface area contributed by atoms with E-state index in [2.05, 4.69) is 37.9 Å². The van der Waals surface area contributed by atoms with Crippen LogP contribution in [0.1, 0.15) is 12.0 Å². The molecule has 1 aliphatic carbocycles. The molecule has 0 atom stereocenters. The van der Waals surface area contributed by atoms with E-state index >= 15 is 0 Å². The Kier molecular flexibility index (Phi) is 3.64. The minimum Gasteiger partial charge on any atom is -0.500 e. The molecule has 0 unspecified atom stereocenters. The molecule has 1 aromatic rings. The zero-order valence-corrected chi connectivity index (χ0v) is 12.6. The van der Waals surface area contributed by atoms with Gasteiger partial charge in [-0.05, 0) is 6.07 Å². The summed E-state index contributed by atoms with van der Waals surface area (Å²) in [7, 11) is 1.68. The molecule has 0 saturated heterocycles. The summed E-state index contributed by atoms with van der Waals surface area (Å²) in [6.07, 6.45) is 4.82. The molecule has 0 heterocycles. The molecule has 0 aromatic heterocycles. The molecule has 2 nitrogen and oxygen atoms in total. The lowest BCUT2D eigenvalue weighted by Gasteiger charge is -2.24. The van der Waals surface area contributed by atoms with Gasteiger partial charge in [0.05, 0.1) is 7.11 Å². The van der Waals surface area contributed by atoms with Crippen LogP contribution in [0.15, 0.2) is 42.2 Å². The van der Waals surface area contributed by atoms with Crippen molar-refractivity contribution in [3.05, 3.63) is 47.7 Å². The molecule has 0 aliphatic heterocycles. The first-order chi connectivity index (χ1) is 8.03. The van der Waals surface area contributed by atoms with Gasteiger partial charge >= 0.3 is 0 Å². The average molecular weight is 359 g/mol. The highest BCUT2D eigenvalue weighted by atomic mass is 79.9. The standard InChI is InChI=1S/C13H13Br2NO/c1-17-12-8-13(14,15)7-6-10(12)9-4-2-3-5-11(9)16/h2-7H,8,16H2,1H3. The van der Waals surface area contributed by atoms with Crippen molar-refractivity contribution in [2.75, 3.05) is 12.8 Å². The molecular weight excluding hydrogens is 346 g/mol. The van der Waals surface area contributed by atoms with Gasteiger partial charge in [-0.1, -0.05) is 62.2 Å². The van der Waals surface area contributed by atoms with Gasteiger partial charge in [0.2, 0.25) is 0 Å². The van der Waals surface area contributed by atoms with Crippen LogP contribution in [0.4, 0.5) is 5.69 Å². The molecule has 0 spiro atoms. The third-order valence-electron chi connectivity index (χ3n) is 2.69. The number of alkyl halides is 2. The Bertz CT molecular complexity index is 492. The average Bonchev–Trinajstić information content (AvgIpc) is 2.29. The SMILES string of the molecule is COC1=C(c2ccccc2N)C=CC(Br)(Br)C1. The van der Waals surface area contributed by atoms with Crippen LogP contribution in [0.5, 0.6) is 0 Å². The number of nitrogen functional groups attached to an aromatic ring is 1. The largest absolute Gasteiger partial charge is 0.500 e. The van der Waals surface area contributed by atoms with E-state index in [-0.39, 0.29) is 3.23 Å². The number of anilines is 1. The van der Waals surface area contributed by atoms with E-state index in [0.717, 1.165) is 29.0 Å². The van der Waals surface area contributed by atoms with Crippen LogP contribution in [0.25, 0.3) is 5.57 Å². The third-order valence-corrected chi connectivity index (χ3v) is 3.78. The lowest BCUT2D eigenvalue weighted by atomic mass is 9.96. The zero-order chi connectivity index (χ0) is 12.5. The van der Waals surface area contributed by atoms with Crippen LogP contribution in [-0.2, 0) is 4.74 Å². The molecule has 1 aromatic carbocycles. The van der Waals surface area contributed by atoms with Gasteiger partial charge in [0.25, 0.3) is 0 Å². The zero-order valence-electron chi connectivity index (χ0n) is 9.41. The van der Waals surface area contributed by atoms with Crippen molar-refractivity contribution in [2.45, 2.75) is 9.65 Å². The second kappa shape index (κ2) is 4.86. The molecule has 2 N–H and O–H groups in total. The van der Waals surface area contributed by atoms with Crippen molar-refractivity contribution in [3.63, 3.8) is 0 Å². The van der Waals surface area contributed by atoms with E-state index in [1.807, 2.05) is 30.3 Å². The molecule has 2 rings (SSSR count). The van der Waals surface area contributed by atoms with Crippen LogP contribution in [0.2, 0.25) is 0 Å². The molecule has 17 heavy (non-hydrogen) atoms. The summed E-state index contributed by atoms with van der Waals surface area (Å²) >= 11 is 7.15. The summed E-state index contributed by atoms with van der Waals surface area (Å²) < 4.78 is 5.24. The second-order valence-electron chi connectivity index (χ2n) is 3.90. The Labute approximate surface area is 118 Å². The number of benzene rings is 1. The Hall–Kier alpha value is -0.740. The van der Waals surface area contributed by atoms with Crippen LogP contribution in [0, 0.1) is 0 Å². The lowest BCUT2D eigenvalue weighted by molar-refractivity contribution is 0.279. The summed E-state index contributed by atoms with van der Waals surface area (Å²) in [4.78, 5) is 0. The first-order valence-electron chi connectivity index (χ1n) is 5.22. The van der Waals surface area contributed by atoms with E-state index in [0.29, 0.717) is 0 Å². The number of halogens is 2. The molecule has 0 radical (unpaired) electrons. The number of ether oxygens (including phenoxy) is 1. The molecule has 90 valence electrons. The fourth-order valence-electron chi connectivity index (χ4n) is 1.83. The molecule has 0 fully saturated rings. The summed E-state index contributed by atoms with van der Waals surface area (Å²) in [5.74, 6) is 0.916.